The number of hydrogen-bond acceptors (Lipinski definition) is 4. The Hall–Kier alpha value is -2.60. The van der Waals surface area contributed by atoms with Gasteiger partial charge in [0.2, 0.25) is 0 Å². The lowest BCUT2D eigenvalue weighted by Gasteiger charge is -2.28. The first-order valence-corrected chi connectivity index (χ1v) is 8.42. The van der Waals surface area contributed by atoms with Crippen LogP contribution < -0.4 is 10.6 Å². The molecule has 1 aliphatic carbocycles. The van der Waals surface area contributed by atoms with Crippen LogP contribution in [0, 0.1) is 6.92 Å². The van der Waals surface area contributed by atoms with Gasteiger partial charge in [0.25, 0.3) is 11.8 Å². The van der Waals surface area contributed by atoms with E-state index >= 15 is 0 Å². The minimum atomic E-state index is -0.528. The van der Waals surface area contributed by atoms with Crippen molar-refractivity contribution < 1.29 is 19.1 Å². The zero-order chi connectivity index (χ0) is 17.9. The number of hydrogen-bond donors (Lipinski definition) is 3. The lowest BCUT2D eigenvalue weighted by atomic mass is 9.98. The van der Waals surface area contributed by atoms with Crippen LogP contribution in [-0.2, 0) is 0 Å². The van der Waals surface area contributed by atoms with Crippen molar-refractivity contribution >= 4 is 17.5 Å². The molecule has 0 radical (unpaired) electrons. The summed E-state index contributed by atoms with van der Waals surface area (Å²) in [6.45, 7) is 1.79. The van der Waals surface area contributed by atoms with Crippen molar-refractivity contribution in [3.63, 3.8) is 0 Å². The van der Waals surface area contributed by atoms with E-state index in [9.17, 15) is 14.7 Å². The number of nitrogens with one attached hydrogen (secondary N) is 2. The van der Waals surface area contributed by atoms with Crippen LogP contribution in [0.15, 0.2) is 41.0 Å². The van der Waals surface area contributed by atoms with Crippen LogP contribution in [0.5, 0.6) is 0 Å². The molecule has 0 atom stereocenters. The maximum absolute atomic E-state index is 12.6. The quantitative estimate of drug-likeness (QED) is 0.779. The Bertz CT molecular complexity index is 762. The molecule has 2 amide bonds. The van der Waals surface area contributed by atoms with Gasteiger partial charge in [-0.15, -0.1) is 0 Å². The highest BCUT2D eigenvalue weighted by Crippen LogP contribution is 2.29. The Morgan fingerprint density at radius 2 is 1.96 bits per heavy atom. The fourth-order valence-corrected chi connectivity index (χ4v) is 3.18. The number of aryl methyl sites for hydroxylation is 1. The summed E-state index contributed by atoms with van der Waals surface area (Å²) in [5.41, 5.74) is 1.31. The number of aliphatic hydroxyl groups excluding tert-OH is 1. The molecule has 1 heterocycles. The third kappa shape index (κ3) is 3.74. The molecule has 1 aromatic carbocycles. The second-order valence-corrected chi connectivity index (χ2v) is 6.56. The van der Waals surface area contributed by atoms with Crippen LogP contribution in [-0.4, -0.2) is 29.1 Å². The molecular formula is C19H22N2O4. The maximum atomic E-state index is 12.6. The van der Waals surface area contributed by atoms with E-state index in [4.69, 9.17) is 4.42 Å². The summed E-state index contributed by atoms with van der Waals surface area (Å²) in [4.78, 5) is 24.7. The van der Waals surface area contributed by atoms with Gasteiger partial charge in [-0.3, -0.25) is 9.59 Å². The van der Waals surface area contributed by atoms with Crippen LogP contribution in [0.4, 0.5) is 5.69 Å². The number of carbonyl (C=O) groups excluding carboxylic acids is 2. The van der Waals surface area contributed by atoms with Crippen LogP contribution >= 0.6 is 0 Å². The van der Waals surface area contributed by atoms with Gasteiger partial charge in [-0.1, -0.05) is 18.9 Å². The van der Waals surface area contributed by atoms with E-state index in [1.54, 1.807) is 30.3 Å². The topological polar surface area (TPSA) is 91.6 Å². The van der Waals surface area contributed by atoms with Gasteiger partial charge in [-0.2, -0.15) is 0 Å². The molecule has 0 spiro atoms. The van der Waals surface area contributed by atoms with Gasteiger partial charge >= 0.3 is 0 Å². The SMILES string of the molecule is Cc1ccc(C(=O)NC2(CO)CCCC2)cc1NC(=O)c1ccco1. The Morgan fingerprint density at radius 3 is 2.60 bits per heavy atom. The van der Waals surface area contributed by atoms with Crippen molar-refractivity contribution in [2.45, 2.75) is 38.1 Å². The lowest BCUT2D eigenvalue weighted by Crippen LogP contribution is -2.49. The van der Waals surface area contributed by atoms with Crippen molar-refractivity contribution in [2.24, 2.45) is 0 Å². The normalized spacial score (nSPS) is 15.8. The molecule has 3 rings (SSSR count). The van der Waals surface area contributed by atoms with Crippen molar-refractivity contribution in [2.75, 3.05) is 11.9 Å². The van der Waals surface area contributed by atoms with Crippen LogP contribution in [0.2, 0.25) is 0 Å². The third-order valence-corrected chi connectivity index (χ3v) is 4.73. The minimum absolute atomic E-state index is 0.0628. The van der Waals surface area contributed by atoms with Gasteiger partial charge in [0.05, 0.1) is 18.4 Å². The maximum Gasteiger partial charge on any atom is 0.291 e. The Labute approximate surface area is 146 Å². The average molecular weight is 342 g/mol. The van der Waals surface area contributed by atoms with E-state index < -0.39 is 5.54 Å². The predicted octanol–water partition coefficient (Wildman–Crippen LogP) is 2.88. The van der Waals surface area contributed by atoms with Crippen LogP contribution in [0.3, 0.4) is 0 Å². The number of aliphatic hydroxyl groups is 1. The molecule has 3 N–H and O–H groups in total. The fraction of sp³-hybridized carbons (Fsp3) is 0.368. The summed E-state index contributed by atoms with van der Waals surface area (Å²) in [5, 5.41) is 15.4. The van der Waals surface area contributed by atoms with E-state index in [1.165, 1.54) is 6.26 Å². The Balaban J connectivity index is 1.76. The number of carbonyl (C=O) groups is 2. The van der Waals surface area contributed by atoms with E-state index in [0.29, 0.717) is 11.3 Å². The summed E-state index contributed by atoms with van der Waals surface area (Å²) in [5.74, 6) is -0.405. The van der Waals surface area contributed by atoms with Gasteiger partial charge < -0.3 is 20.2 Å². The van der Waals surface area contributed by atoms with Gasteiger partial charge in [-0.05, 0) is 49.6 Å². The standard InChI is InChI=1S/C19H22N2O4/c1-13-6-7-14(17(23)21-19(12-22)8-2-3-9-19)11-15(13)20-18(24)16-5-4-10-25-16/h4-7,10-11,22H,2-3,8-9,12H2,1H3,(H,20,24)(H,21,23). The van der Waals surface area contributed by atoms with Crippen LogP contribution in [0.1, 0.15) is 52.2 Å². The van der Waals surface area contributed by atoms with E-state index in [1.807, 2.05) is 6.92 Å². The molecule has 6 heteroatoms. The first kappa shape index (κ1) is 17.2. The number of furan rings is 1. The lowest BCUT2D eigenvalue weighted by molar-refractivity contribution is 0.0838. The molecule has 1 aromatic heterocycles. The number of amides is 2. The van der Waals surface area contributed by atoms with Gasteiger partial charge in [0.15, 0.2) is 5.76 Å². The molecule has 1 aliphatic rings. The second kappa shape index (κ2) is 7.11. The summed E-state index contributed by atoms with van der Waals surface area (Å²) < 4.78 is 5.08. The van der Waals surface area contributed by atoms with E-state index in [-0.39, 0.29) is 24.2 Å². The smallest absolute Gasteiger partial charge is 0.291 e. The molecule has 1 saturated carbocycles. The zero-order valence-corrected chi connectivity index (χ0v) is 14.2. The second-order valence-electron chi connectivity index (χ2n) is 6.56. The molecule has 25 heavy (non-hydrogen) atoms. The molecule has 0 saturated heterocycles. The minimum Gasteiger partial charge on any atom is -0.459 e. The summed E-state index contributed by atoms with van der Waals surface area (Å²) >= 11 is 0. The van der Waals surface area contributed by atoms with Crippen LogP contribution in [0.25, 0.3) is 0 Å². The Kier molecular flexibility index (Phi) is 4.90. The van der Waals surface area contributed by atoms with E-state index in [0.717, 1.165) is 31.2 Å². The van der Waals surface area contributed by atoms with Crippen molar-refractivity contribution in [3.05, 3.63) is 53.5 Å². The van der Waals surface area contributed by atoms with Crippen molar-refractivity contribution in [3.8, 4) is 0 Å². The molecule has 2 aromatic rings. The largest absolute Gasteiger partial charge is 0.459 e. The first-order valence-electron chi connectivity index (χ1n) is 8.42. The highest BCUT2D eigenvalue weighted by Gasteiger charge is 2.34. The third-order valence-electron chi connectivity index (χ3n) is 4.73. The number of rotatable bonds is 5. The first-order chi connectivity index (χ1) is 12.0. The molecule has 132 valence electrons. The molecule has 0 aliphatic heterocycles. The van der Waals surface area contributed by atoms with Gasteiger partial charge in [0, 0.05) is 11.3 Å². The molecule has 6 nitrogen and oxygen atoms in total. The summed E-state index contributed by atoms with van der Waals surface area (Å²) in [6.07, 6.45) is 4.99. The van der Waals surface area contributed by atoms with Gasteiger partial charge in [-0.25, -0.2) is 0 Å². The summed E-state index contributed by atoms with van der Waals surface area (Å²) in [6, 6.07) is 8.36. The average Bonchev–Trinajstić information content (AvgIpc) is 3.29. The monoisotopic (exact) mass is 342 g/mol. The predicted molar refractivity (Wildman–Crippen MR) is 93.6 cm³/mol. The number of anilines is 1. The highest BCUT2D eigenvalue weighted by molar-refractivity contribution is 6.04. The molecule has 0 bridgehead atoms. The molecule has 0 unspecified atom stereocenters. The summed E-state index contributed by atoms with van der Waals surface area (Å²) in [7, 11) is 0. The number of benzene rings is 1. The van der Waals surface area contributed by atoms with Crippen molar-refractivity contribution in [1.82, 2.24) is 5.32 Å². The van der Waals surface area contributed by atoms with Crippen molar-refractivity contribution in [1.29, 1.82) is 0 Å². The molecule has 1 fully saturated rings. The Morgan fingerprint density at radius 1 is 1.20 bits per heavy atom. The highest BCUT2D eigenvalue weighted by atomic mass is 16.3. The zero-order valence-electron chi connectivity index (χ0n) is 14.2. The van der Waals surface area contributed by atoms with Gasteiger partial charge in [0.1, 0.15) is 0 Å². The molecular weight excluding hydrogens is 320 g/mol. The fourth-order valence-electron chi connectivity index (χ4n) is 3.18. The van der Waals surface area contributed by atoms with E-state index in [2.05, 4.69) is 10.6 Å².